The van der Waals surface area contributed by atoms with Gasteiger partial charge in [0.15, 0.2) is 0 Å². The molecule has 0 atom stereocenters. The summed E-state index contributed by atoms with van der Waals surface area (Å²) in [5, 5.41) is 16.7. The van der Waals surface area contributed by atoms with Gasteiger partial charge in [0.25, 0.3) is 0 Å². The van der Waals surface area contributed by atoms with Crippen molar-refractivity contribution in [3.05, 3.63) is 23.9 Å². The van der Waals surface area contributed by atoms with Crippen molar-refractivity contribution in [1.82, 2.24) is 4.90 Å². The highest BCUT2D eigenvalue weighted by atomic mass is 16.4. The normalized spacial score (nSPS) is 11.2. The van der Waals surface area contributed by atoms with E-state index in [0.29, 0.717) is 0 Å². The monoisotopic (exact) mass is 166 g/mol. The van der Waals surface area contributed by atoms with Gasteiger partial charge in [0, 0.05) is 14.1 Å². The SMILES string of the molecule is CN(C)/C=C/C=C(\C#N)C(=O)O. The first-order valence-corrected chi connectivity index (χ1v) is 3.26. The van der Waals surface area contributed by atoms with Gasteiger partial charge in [0.1, 0.15) is 11.6 Å². The zero-order valence-electron chi connectivity index (χ0n) is 6.98. The van der Waals surface area contributed by atoms with Crippen molar-refractivity contribution in [3.63, 3.8) is 0 Å². The first-order valence-electron chi connectivity index (χ1n) is 3.26. The van der Waals surface area contributed by atoms with Gasteiger partial charge in [-0.2, -0.15) is 5.26 Å². The lowest BCUT2D eigenvalue weighted by Gasteiger charge is -2.00. The van der Waals surface area contributed by atoms with E-state index in [0.717, 1.165) is 0 Å². The predicted octanol–water partition coefficient (Wildman–Crippen LogP) is 0.596. The van der Waals surface area contributed by atoms with Crippen LogP contribution < -0.4 is 0 Å². The Balaban J connectivity index is 4.35. The van der Waals surface area contributed by atoms with E-state index in [1.807, 2.05) is 0 Å². The van der Waals surface area contributed by atoms with Gasteiger partial charge in [-0.05, 0) is 18.4 Å². The molecule has 12 heavy (non-hydrogen) atoms. The van der Waals surface area contributed by atoms with Crippen LogP contribution in [0.4, 0.5) is 0 Å². The Morgan fingerprint density at radius 1 is 1.58 bits per heavy atom. The van der Waals surface area contributed by atoms with E-state index in [2.05, 4.69) is 0 Å². The molecule has 0 saturated heterocycles. The van der Waals surface area contributed by atoms with Gasteiger partial charge < -0.3 is 10.0 Å². The third-order valence-electron chi connectivity index (χ3n) is 0.998. The second-order valence-electron chi connectivity index (χ2n) is 2.30. The molecule has 64 valence electrons. The number of nitrogens with zero attached hydrogens (tertiary/aromatic N) is 2. The Morgan fingerprint density at radius 3 is 2.50 bits per heavy atom. The van der Waals surface area contributed by atoms with Crippen molar-refractivity contribution >= 4 is 5.97 Å². The first-order chi connectivity index (χ1) is 5.57. The maximum atomic E-state index is 10.3. The summed E-state index contributed by atoms with van der Waals surface area (Å²) in [5.74, 6) is -1.21. The van der Waals surface area contributed by atoms with Crippen molar-refractivity contribution in [2.45, 2.75) is 0 Å². The number of hydrogen-bond acceptors (Lipinski definition) is 3. The van der Waals surface area contributed by atoms with Gasteiger partial charge in [-0.25, -0.2) is 4.79 Å². The smallest absolute Gasteiger partial charge is 0.346 e. The molecule has 0 amide bonds. The van der Waals surface area contributed by atoms with Crippen molar-refractivity contribution in [2.75, 3.05) is 14.1 Å². The highest BCUT2D eigenvalue weighted by Crippen LogP contribution is 1.92. The molecule has 0 saturated carbocycles. The van der Waals surface area contributed by atoms with Crippen molar-refractivity contribution in [3.8, 4) is 6.07 Å². The van der Waals surface area contributed by atoms with E-state index in [1.54, 1.807) is 31.3 Å². The third-order valence-corrected chi connectivity index (χ3v) is 0.998. The Hall–Kier alpha value is -1.76. The summed E-state index contributed by atoms with van der Waals surface area (Å²) < 4.78 is 0. The fourth-order valence-corrected chi connectivity index (χ4v) is 0.468. The number of carboxylic acid groups (broad SMARTS) is 1. The molecule has 0 aromatic rings. The number of nitriles is 1. The van der Waals surface area contributed by atoms with Crippen LogP contribution in [0, 0.1) is 11.3 Å². The zero-order chi connectivity index (χ0) is 9.56. The lowest BCUT2D eigenvalue weighted by Crippen LogP contribution is -2.00. The Labute approximate surface area is 71.0 Å². The van der Waals surface area contributed by atoms with E-state index in [1.165, 1.54) is 12.2 Å². The minimum atomic E-state index is -1.21. The van der Waals surface area contributed by atoms with Crippen LogP contribution in [0.3, 0.4) is 0 Å². The molecule has 0 unspecified atom stereocenters. The molecule has 0 aliphatic heterocycles. The Morgan fingerprint density at radius 2 is 2.17 bits per heavy atom. The fourth-order valence-electron chi connectivity index (χ4n) is 0.468. The molecule has 0 fully saturated rings. The molecule has 0 aromatic carbocycles. The molecule has 0 heterocycles. The number of hydrogen-bond donors (Lipinski definition) is 1. The van der Waals surface area contributed by atoms with Crippen LogP contribution in [0.5, 0.6) is 0 Å². The topological polar surface area (TPSA) is 64.3 Å². The van der Waals surface area contributed by atoms with E-state index in [-0.39, 0.29) is 5.57 Å². The maximum Gasteiger partial charge on any atom is 0.346 e. The van der Waals surface area contributed by atoms with Crippen LogP contribution in [0.25, 0.3) is 0 Å². The van der Waals surface area contributed by atoms with Crippen molar-refractivity contribution in [2.24, 2.45) is 0 Å². The molecular formula is C8H10N2O2. The fraction of sp³-hybridized carbons (Fsp3) is 0.250. The highest BCUT2D eigenvalue weighted by Gasteiger charge is 2.02. The molecule has 4 nitrogen and oxygen atoms in total. The van der Waals surface area contributed by atoms with E-state index in [4.69, 9.17) is 10.4 Å². The largest absolute Gasteiger partial charge is 0.477 e. The van der Waals surface area contributed by atoms with Crippen LogP contribution in [0.1, 0.15) is 0 Å². The zero-order valence-corrected chi connectivity index (χ0v) is 6.98. The lowest BCUT2D eigenvalue weighted by molar-refractivity contribution is -0.132. The molecule has 0 bridgehead atoms. The summed E-state index contributed by atoms with van der Waals surface area (Å²) in [6.45, 7) is 0. The molecule has 0 aromatic heterocycles. The van der Waals surface area contributed by atoms with Crippen LogP contribution in [0.15, 0.2) is 23.9 Å². The maximum absolute atomic E-state index is 10.3. The second kappa shape index (κ2) is 4.97. The van der Waals surface area contributed by atoms with Crippen molar-refractivity contribution < 1.29 is 9.90 Å². The molecule has 0 aliphatic carbocycles. The summed E-state index contributed by atoms with van der Waals surface area (Å²) in [6, 6.07) is 1.57. The van der Waals surface area contributed by atoms with Gasteiger partial charge in [-0.1, -0.05) is 0 Å². The lowest BCUT2D eigenvalue weighted by atomic mass is 10.3. The first kappa shape index (κ1) is 10.2. The highest BCUT2D eigenvalue weighted by molar-refractivity contribution is 5.91. The predicted molar refractivity (Wildman–Crippen MR) is 44.2 cm³/mol. The summed E-state index contributed by atoms with van der Waals surface area (Å²) in [6.07, 6.45) is 4.41. The second-order valence-corrected chi connectivity index (χ2v) is 2.30. The summed E-state index contributed by atoms with van der Waals surface area (Å²) in [5.41, 5.74) is -0.270. The number of rotatable bonds is 3. The quantitative estimate of drug-likeness (QED) is 0.378. The van der Waals surface area contributed by atoms with Gasteiger partial charge in [-0.15, -0.1) is 0 Å². The molecule has 0 radical (unpaired) electrons. The molecule has 0 spiro atoms. The molecule has 1 N–H and O–H groups in total. The van der Waals surface area contributed by atoms with E-state index < -0.39 is 5.97 Å². The molecule has 0 aliphatic rings. The summed E-state index contributed by atoms with van der Waals surface area (Å²) in [4.78, 5) is 12.0. The van der Waals surface area contributed by atoms with Crippen LogP contribution in [0.2, 0.25) is 0 Å². The van der Waals surface area contributed by atoms with Crippen LogP contribution in [-0.4, -0.2) is 30.1 Å². The number of allylic oxidation sites excluding steroid dienone is 2. The van der Waals surface area contributed by atoms with Gasteiger partial charge in [0.2, 0.25) is 0 Å². The molecular weight excluding hydrogens is 156 g/mol. The Kier molecular flexibility index (Phi) is 4.24. The molecule has 4 heteroatoms. The number of carboxylic acids is 1. The average molecular weight is 166 g/mol. The summed E-state index contributed by atoms with van der Waals surface area (Å²) >= 11 is 0. The van der Waals surface area contributed by atoms with Crippen molar-refractivity contribution in [1.29, 1.82) is 5.26 Å². The van der Waals surface area contributed by atoms with Gasteiger partial charge in [0.05, 0.1) is 0 Å². The summed E-state index contributed by atoms with van der Waals surface area (Å²) in [7, 11) is 3.61. The number of aliphatic carboxylic acids is 1. The van der Waals surface area contributed by atoms with Gasteiger partial charge in [-0.3, -0.25) is 0 Å². The standard InChI is InChI=1S/C8H10N2O2/c1-10(2)5-3-4-7(6-9)8(11)12/h3-5H,1-2H3,(H,11,12)/b5-3+,7-4+. The average Bonchev–Trinajstić information content (AvgIpc) is 1.96. The molecule has 0 rings (SSSR count). The minimum Gasteiger partial charge on any atom is -0.477 e. The van der Waals surface area contributed by atoms with Crippen LogP contribution >= 0.6 is 0 Å². The van der Waals surface area contributed by atoms with E-state index >= 15 is 0 Å². The Bertz CT molecular complexity index is 259. The van der Waals surface area contributed by atoms with E-state index in [9.17, 15) is 4.79 Å². The third kappa shape index (κ3) is 4.12. The van der Waals surface area contributed by atoms with Crippen LogP contribution in [-0.2, 0) is 4.79 Å². The number of carbonyl (C=O) groups is 1. The minimum absolute atomic E-state index is 0.270. The van der Waals surface area contributed by atoms with Gasteiger partial charge >= 0.3 is 5.97 Å².